The van der Waals surface area contributed by atoms with Crippen LogP contribution in [0.15, 0.2) is 18.2 Å². The molecule has 2 atom stereocenters. The second kappa shape index (κ2) is 6.35. The van der Waals surface area contributed by atoms with Crippen molar-refractivity contribution in [2.45, 2.75) is 25.0 Å². The van der Waals surface area contributed by atoms with E-state index in [-0.39, 0.29) is 11.8 Å². The van der Waals surface area contributed by atoms with E-state index in [1.54, 1.807) is 6.07 Å². The largest absolute Gasteiger partial charge is 0.479 e. The number of carboxylic acids is 1. The van der Waals surface area contributed by atoms with Crippen LogP contribution in [0.2, 0.25) is 0 Å². The van der Waals surface area contributed by atoms with Gasteiger partial charge >= 0.3 is 5.97 Å². The molecule has 2 unspecified atom stereocenters. The number of benzene rings is 1. The Kier molecular flexibility index (Phi) is 4.76. The van der Waals surface area contributed by atoms with Crippen LogP contribution in [0.25, 0.3) is 0 Å². The number of hydrogen-bond acceptors (Lipinski definition) is 5. The van der Waals surface area contributed by atoms with Gasteiger partial charge in [-0.1, -0.05) is 0 Å². The summed E-state index contributed by atoms with van der Waals surface area (Å²) in [6, 6.07) is 4.56. The minimum Gasteiger partial charge on any atom is -0.479 e. The maximum atomic E-state index is 10.8. The zero-order valence-electron chi connectivity index (χ0n) is 10.4. The molecular formula is C12H13IN2O5. The molecular weight excluding hydrogens is 379 g/mol. The molecule has 8 heteroatoms. The lowest BCUT2D eigenvalue weighted by Crippen LogP contribution is -2.24. The van der Waals surface area contributed by atoms with Gasteiger partial charge < -0.3 is 15.2 Å². The van der Waals surface area contributed by atoms with Crippen molar-refractivity contribution in [1.29, 1.82) is 0 Å². The first-order valence-electron chi connectivity index (χ1n) is 6.03. The minimum atomic E-state index is -0.933. The van der Waals surface area contributed by atoms with Crippen LogP contribution < -0.4 is 5.32 Å². The Labute approximate surface area is 128 Å². The lowest BCUT2D eigenvalue weighted by Gasteiger charge is -2.14. The summed E-state index contributed by atoms with van der Waals surface area (Å²) in [5.41, 5.74) is 0.821. The fourth-order valence-corrected chi connectivity index (χ4v) is 2.71. The number of hydrogen-bond donors (Lipinski definition) is 2. The Hall–Kier alpha value is -1.42. The van der Waals surface area contributed by atoms with Crippen molar-refractivity contribution in [2.75, 3.05) is 11.9 Å². The first-order valence-corrected chi connectivity index (χ1v) is 7.11. The number of ether oxygens (including phenoxy) is 1. The maximum absolute atomic E-state index is 10.8. The zero-order chi connectivity index (χ0) is 14.7. The molecule has 1 heterocycles. The number of aliphatic carboxylic acids is 1. The first-order chi connectivity index (χ1) is 9.47. The van der Waals surface area contributed by atoms with Crippen molar-refractivity contribution in [1.82, 2.24) is 0 Å². The quantitative estimate of drug-likeness (QED) is 0.453. The standard InChI is InChI=1S/C12H13IN2O5/c13-9-5-7(15(18)19)1-3-10(9)14-6-8-2-4-11(20-8)12(16)17/h1,3,5,8,11,14H,2,4,6H2,(H,16,17). The normalized spacial score (nSPS) is 21.6. The topological polar surface area (TPSA) is 102 Å². The second-order valence-electron chi connectivity index (χ2n) is 4.46. The molecule has 0 saturated carbocycles. The van der Waals surface area contributed by atoms with Gasteiger partial charge in [-0.2, -0.15) is 0 Å². The third-order valence-electron chi connectivity index (χ3n) is 3.07. The molecule has 1 saturated heterocycles. The van der Waals surface area contributed by atoms with E-state index in [9.17, 15) is 14.9 Å². The number of nitrogens with one attached hydrogen (secondary N) is 1. The predicted molar refractivity (Wildman–Crippen MR) is 79.8 cm³/mol. The summed E-state index contributed by atoms with van der Waals surface area (Å²) in [6.07, 6.45) is 0.326. The fraction of sp³-hybridized carbons (Fsp3) is 0.417. The molecule has 0 radical (unpaired) electrons. The molecule has 0 spiro atoms. The predicted octanol–water partition coefficient (Wildman–Crippen LogP) is 2.24. The van der Waals surface area contributed by atoms with Gasteiger partial charge in [0, 0.05) is 27.9 Å². The number of nitrogens with zero attached hydrogens (tertiary/aromatic N) is 1. The second-order valence-corrected chi connectivity index (χ2v) is 5.63. The number of nitro benzene ring substituents is 1. The van der Waals surface area contributed by atoms with Gasteiger partial charge in [-0.3, -0.25) is 10.1 Å². The highest BCUT2D eigenvalue weighted by molar-refractivity contribution is 14.1. The van der Waals surface area contributed by atoms with Gasteiger partial charge in [0.05, 0.1) is 11.0 Å². The minimum absolute atomic E-state index is 0.0445. The molecule has 1 aliphatic rings. The molecule has 0 aromatic heterocycles. The number of anilines is 1. The van der Waals surface area contributed by atoms with Crippen LogP contribution in [0, 0.1) is 13.7 Å². The summed E-state index contributed by atoms with van der Waals surface area (Å²) in [4.78, 5) is 21.0. The van der Waals surface area contributed by atoms with E-state index in [2.05, 4.69) is 5.32 Å². The highest BCUT2D eigenvalue weighted by Gasteiger charge is 2.30. The van der Waals surface area contributed by atoms with Crippen molar-refractivity contribution in [3.8, 4) is 0 Å². The molecule has 108 valence electrons. The van der Waals surface area contributed by atoms with Gasteiger partial charge in [-0.05, 0) is 41.5 Å². The van der Waals surface area contributed by atoms with Crippen molar-refractivity contribution in [2.24, 2.45) is 0 Å². The molecule has 1 fully saturated rings. The number of nitro groups is 1. The van der Waals surface area contributed by atoms with Crippen molar-refractivity contribution in [3.05, 3.63) is 31.9 Å². The van der Waals surface area contributed by atoms with Gasteiger partial charge in [-0.25, -0.2) is 4.79 Å². The Morgan fingerprint density at radius 1 is 1.55 bits per heavy atom. The van der Waals surface area contributed by atoms with Gasteiger partial charge in [0.2, 0.25) is 0 Å². The Morgan fingerprint density at radius 3 is 2.85 bits per heavy atom. The molecule has 1 aromatic carbocycles. The molecule has 2 N–H and O–H groups in total. The molecule has 2 rings (SSSR count). The van der Waals surface area contributed by atoms with Crippen LogP contribution in [0.1, 0.15) is 12.8 Å². The summed E-state index contributed by atoms with van der Waals surface area (Å²) in [6.45, 7) is 0.484. The molecule has 20 heavy (non-hydrogen) atoms. The highest BCUT2D eigenvalue weighted by atomic mass is 127. The summed E-state index contributed by atoms with van der Waals surface area (Å²) >= 11 is 2.02. The SMILES string of the molecule is O=C(O)C1CCC(CNc2ccc([N+](=O)[O-])cc2I)O1. The van der Waals surface area contributed by atoms with E-state index < -0.39 is 17.0 Å². The van der Waals surface area contributed by atoms with Gasteiger partial charge in [0.25, 0.3) is 5.69 Å². The van der Waals surface area contributed by atoms with E-state index in [0.29, 0.717) is 19.4 Å². The van der Waals surface area contributed by atoms with E-state index in [1.165, 1.54) is 12.1 Å². The number of rotatable bonds is 5. The van der Waals surface area contributed by atoms with Crippen molar-refractivity contribution >= 4 is 39.9 Å². The molecule has 0 amide bonds. The first kappa shape index (κ1) is 15.0. The van der Waals surface area contributed by atoms with Crippen LogP contribution in [0.4, 0.5) is 11.4 Å². The molecule has 0 aliphatic carbocycles. The van der Waals surface area contributed by atoms with Crippen LogP contribution in [0.3, 0.4) is 0 Å². The lowest BCUT2D eigenvalue weighted by atomic mass is 10.2. The van der Waals surface area contributed by atoms with Gasteiger partial charge in [0.15, 0.2) is 6.10 Å². The van der Waals surface area contributed by atoms with E-state index >= 15 is 0 Å². The smallest absolute Gasteiger partial charge is 0.332 e. The van der Waals surface area contributed by atoms with Gasteiger partial charge in [-0.15, -0.1) is 0 Å². The summed E-state index contributed by atoms with van der Waals surface area (Å²) in [5, 5.41) is 22.6. The summed E-state index contributed by atoms with van der Waals surface area (Å²) in [7, 11) is 0. The highest BCUT2D eigenvalue weighted by Crippen LogP contribution is 2.25. The number of carbonyl (C=O) groups is 1. The molecule has 0 bridgehead atoms. The maximum Gasteiger partial charge on any atom is 0.332 e. The number of carboxylic acid groups (broad SMARTS) is 1. The van der Waals surface area contributed by atoms with E-state index in [0.717, 1.165) is 9.26 Å². The third-order valence-corrected chi connectivity index (χ3v) is 3.96. The Bertz CT molecular complexity index is 537. The zero-order valence-corrected chi connectivity index (χ0v) is 12.6. The van der Waals surface area contributed by atoms with Crippen LogP contribution >= 0.6 is 22.6 Å². The fourth-order valence-electron chi connectivity index (χ4n) is 2.02. The molecule has 7 nitrogen and oxygen atoms in total. The Morgan fingerprint density at radius 2 is 2.30 bits per heavy atom. The monoisotopic (exact) mass is 392 g/mol. The molecule has 1 aromatic rings. The van der Waals surface area contributed by atoms with E-state index in [1.807, 2.05) is 22.6 Å². The molecule has 1 aliphatic heterocycles. The Balaban J connectivity index is 1.92. The number of halogens is 1. The van der Waals surface area contributed by atoms with Crippen molar-refractivity contribution in [3.63, 3.8) is 0 Å². The van der Waals surface area contributed by atoms with Crippen LogP contribution in [-0.2, 0) is 9.53 Å². The van der Waals surface area contributed by atoms with Gasteiger partial charge in [0.1, 0.15) is 0 Å². The third kappa shape index (κ3) is 3.57. The van der Waals surface area contributed by atoms with Crippen LogP contribution in [-0.4, -0.2) is 34.8 Å². The van der Waals surface area contributed by atoms with Crippen LogP contribution in [0.5, 0.6) is 0 Å². The average molecular weight is 392 g/mol. The van der Waals surface area contributed by atoms with Crippen molar-refractivity contribution < 1.29 is 19.6 Å². The number of non-ortho nitro benzene ring substituents is 1. The van der Waals surface area contributed by atoms with E-state index in [4.69, 9.17) is 9.84 Å². The summed E-state index contributed by atoms with van der Waals surface area (Å²) in [5.74, 6) is -0.933. The summed E-state index contributed by atoms with van der Waals surface area (Å²) < 4.78 is 6.11. The average Bonchev–Trinajstić information content (AvgIpc) is 2.86. The lowest BCUT2D eigenvalue weighted by molar-refractivity contribution is -0.384.